The lowest BCUT2D eigenvalue weighted by atomic mass is 10.2. The molecule has 1 amide bonds. The maximum absolute atomic E-state index is 12.8. The van der Waals surface area contributed by atoms with Crippen LogP contribution in [0.25, 0.3) is 0 Å². The average Bonchev–Trinajstić information content (AvgIpc) is 3.17. The van der Waals surface area contributed by atoms with Crippen molar-refractivity contribution in [2.45, 2.75) is 18.6 Å². The number of thioether (sulfide) groups is 1. The number of carbonyl (C=O) groups is 1. The Balaban J connectivity index is 1.34. The lowest BCUT2D eigenvalue weighted by Gasteiger charge is -2.35. The van der Waals surface area contributed by atoms with Crippen LogP contribution in [0.4, 0.5) is 11.4 Å². The molecule has 1 aromatic heterocycles. The molecule has 0 unspecified atom stereocenters. The molecule has 0 atom stereocenters. The van der Waals surface area contributed by atoms with E-state index in [1.54, 1.807) is 17.0 Å². The SMILES string of the molecule is Cc1nnc(SCC(=O)N2CCN(c3ccc(Cl)cc3[N+](=O)[O-])CC2)n1Cc1ccccc1. The van der Waals surface area contributed by atoms with Crippen molar-refractivity contribution in [2.24, 2.45) is 0 Å². The quantitative estimate of drug-likeness (QED) is 0.285. The fourth-order valence-electron chi connectivity index (χ4n) is 3.74. The van der Waals surface area contributed by atoms with Crippen LogP contribution in [0.15, 0.2) is 53.7 Å². The van der Waals surface area contributed by atoms with E-state index in [1.807, 2.05) is 46.7 Å². The fraction of sp³-hybridized carbons (Fsp3) is 0.318. The van der Waals surface area contributed by atoms with Crippen LogP contribution in [-0.4, -0.2) is 62.4 Å². The zero-order valence-electron chi connectivity index (χ0n) is 18.1. The first kappa shape index (κ1) is 23.1. The van der Waals surface area contributed by atoms with Crippen molar-refractivity contribution in [2.75, 3.05) is 36.8 Å². The molecule has 3 aromatic rings. The fourth-order valence-corrected chi connectivity index (χ4v) is 4.79. The highest BCUT2D eigenvalue weighted by Gasteiger charge is 2.26. The summed E-state index contributed by atoms with van der Waals surface area (Å²) in [6.45, 7) is 4.57. The molecule has 11 heteroatoms. The topological polar surface area (TPSA) is 97.4 Å². The minimum Gasteiger partial charge on any atom is -0.362 e. The molecule has 0 aliphatic carbocycles. The van der Waals surface area contributed by atoms with Gasteiger partial charge in [-0.2, -0.15) is 0 Å². The summed E-state index contributed by atoms with van der Waals surface area (Å²) in [7, 11) is 0. The van der Waals surface area contributed by atoms with Crippen molar-refractivity contribution >= 4 is 40.6 Å². The van der Waals surface area contributed by atoms with Gasteiger partial charge in [-0.05, 0) is 24.6 Å². The lowest BCUT2D eigenvalue weighted by molar-refractivity contribution is -0.384. The highest BCUT2D eigenvalue weighted by atomic mass is 35.5. The normalized spacial score (nSPS) is 13.9. The summed E-state index contributed by atoms with van der Waals surface area (Å²) >= 11 is 7.29. The largest absolute Gasteiger partial charge is 0.362 e. The molecule has 172 valence electrons. The molecule has 1 aliphatic heterocycles. The van der Waals surface area contributed by atoms with E-state index in [1.165, 1.54) is 17.8 Å². The molecule has 1 fully saturated rings. The van der Waals surface area contributed by atoms with Crippen LogP contribution in [0.2, 0.25) is 5.02 Å². The van der Waals surface area contributed by atoms with Gasteiger partial charge in [-0.3, -0.25) is 14.9 Å². The number of carbonyl (C=O) groups excluding carboxylic acids is 1. The third-order valence-corrected chi connectivity index (χ3v) is 6.70. The number of aromatic nitrogens is 3. The van der Waals surface area contributed by atoms with Crippen molar-refractivity contribution < 1.29 is 9.72 Å². The van der Waals surface area contributed by atoms with Crippen molar-refractivity contribution in [3.63, 3.8) is 0 Å². The molecule has 2 heterocycles. The van der Waals surface area contributed by atoms with Gasteiger partial charge < -0.3 is 14.4 Å². The zero-order chi connectivity index (χ0) is 23.4. The number of hydrogen-bond acceptors (Lipinski definition) is 7. The van der Waals surface area contributed by atoms with Crippen LogP contribution in [-0.2, 0) is 11.3 Å². The monoisotopic (exact) mass is 486 g/mol. The van der Waals surface area contributed by atoms with E-state index in [9.17, 15) is 14.9 Å². The summed E-state index contributed by atoms with van der Waals surface area (Å²) in [5, 5.41) is 20.8. The van der Waals surface area contributed by atoms with Crippen molar-refractivity contribution in [1.29, 1.82) is 0 Å². The van der Waals surface area contributed by atoms with Crippen LogP contribution in [0, 0.1) is 17.0 Å². The maximum Gasteiger partial charge on any atom is 0.294 e. The summed E-state index contributed by atoms with van der Waals surface area (Å²) in [4.78, 5) is 27.5. The molecule has 4 rings (SSSR count). The first-order valence-corrected chi connectivity index (χ1v) is 11.8. The van der Waals surface area contributed by atoms with Gasteiger partial charge in [-0.25, -0.2) is 0 Å². The van der Waals surface area contributed by atoms with E-state index in [-0.39, 0.29) is 17.3 Å². The second kappa shape index (κ2) is 10.2. The number of aryl methyl sites for hydroxylation is 1. The van der Waals surface area contributed by atoms with Crippen LogP contribution in [0.1, 0.15) is 11.4 Å². The second-order valence-corrected chi connectivity index (χ2v) is 9.03. The molecule has 1 aliphatic rings. The van der Waals surface area contributed by atoms with Crippen molar-refractivity contribution in [3.05, 3.63) is 75.1 Å². The molecule has 0 N–H and O–H groups in total. The first-order valence-electron chi connectivity index (χ1n) is 10.5. The molecule has 0 saturated carbocycles. The van der Waals surface area contributed by atoms with Gasteiger partial charge in [0.2, 0.25) is 5.91 Å². The highest BCUT2D eigenvalue weighted by molar-refractivity contribution is 7.99. The smallest absolute Gasteiger partial charge is 0.294 e. The number of benzene rings is 2. The predicted octanol–water partition coefficient (Wildman–Crippen LogP) is 3.64. The molecule has 33 heavy (non-hydrogen) atoms. The number of anilines is 1. The van der Waals surface area contributed by atoms with Crippen LogP contribution >= 0.6 is 23.4 Å². The summed E-state index contributed by atoms with van der Waals surface area (Å²) in [5.74, 6) is 1.07. The Kier molecular flexibility index (Phi) is 7.14. The standard InChI is InChI=1S/C22H23ClN6O3S/c1-16-24-25-22(28(16)14-17-5-3-2-4-6-17)33-15-21(30)27-11-9-26(10-12-27)19-8-7-18(23)13-20(19)29(31)32/h2-8,13H,9-12,14-15H2,1H3. The number of nitrogens with zero attached hydrogens (tertiary/aromatic N) is 6. The molecular weight excluding hydrogens is 464 g/mol. The van der Waals surface area contributed by atoms with Gasteiger partial charge >= 0.3 is 0 Å². The van der Waals surface area contributed by atoms with Gasteiger partial charge in [0.05, 0.1) is 17.2 Å². The number of amides is 1. The predicted molar refractivity (Wildman–Crippen MR) is 128 cm³/mol. The summed E-state index contributed by atoms with van der Waals surface area (Å²) in [6, 6.07) is 14.7. The second-order valence-electron chi connectivity index (χ2n) is 7.65. The Hall–Kier alpha value is -3.11. The van der Waals surface area contributed by atoms with Crippen molar-refractivity contribution in [3.8, 4) is 0 Å². The Morgan fingerprint density at radius 2 is 1.85 bits per heavy atom. The number of rotatable bonds is 7. The highest BCUT2D eigenvalue weighted by Crippen LogP contribution is 2.31. The van der Waals surface area contributed by atoms with Gasteiger partial charge in [-0.1, -0.05) is 53.7 Å². The number of nitro benzene ring substituents is 1. The zero-order valence-corrected chi connectivity index (χ0v) is 19.6. The number of nitro groups is 1. The maximum atomic E-state index is 12.8. The number of halogens is 1. The van der Waals surface area contributed by atoms with Crippen LogP contribution in [0.3, 0.4) is 0 Å². The Morgan fingerprint density at radius 3 is 2.55 bits per heavy atom. The van der Waals surface area contributed by atoms with Crippen LogP contribution in [0.5, 0.6) is 0 Å². The van der Waals surface area contributed by atoms with Gasteiger partial charge in [0.25, 0.3) is 5.69 Å². The van der Waals surface area contributed by atoms with Gasteiger partial charge in [0.15, 0.2) is 5.16 Å². The van der Waals surface area contributed by atoms with Gasteiger partial charge in [0.1, 0.15) is 11.5 Å². The molecule has 9 nitrogen and oxygen atoms in total. The van der Waals surface area contributed by atoms with Gasteiger partial charge in [0, 0.05) is 37.3 Å². The minimum absolute atomic E-state index is 0.0113. The third-order valence-electron chi connectivity index (χ3n) is 5.52. The van der Waals surface area contributed by atoms with Gasteiger partial charge in [-0.15, -0.1) is 10.2 Å². The Morgan fingerprint density at radius 1 is 1.12 bits per heavy atom. The molecule has 0 spiro atoms. The van der Waals surface area contributed by atoms with E-state index in [0.29, 0.717) is 48.6 Å². The Labute approximate surface area is 200 Å². The summed E-state index contributed by atoms with van der Waals surface area (Å²) in [5.41, 5.74) is 1.64. The van der Waals surface area contributed by atoms with E-state index in [2.05, 4.69) is 10.2 Å². The summed E-state index contributed by atoms with van der Waals surface area (Å²) < 4.78 is 2.00. The lowest BCUT2D eigenvalue weighted by Crippen LogP contribution is -2.49. The molecule has 0 radical (unpaired) electrons. The first-order chi connectivity index (χ1) is 15.9. The van der Waals surface area contributed by atoms with E-state index < -0.39 is 4.92 Å². The van der Waals surface area contributed by atoms with E-state index in [0.717, 1.165) is 11.4 Å². The molecule has 0 bridgehead atoms. The number of hydrogen-bond donors (Lipinski definition) is 0. The summed E-state index contributed by atoms with van der Waals surface area (Å²) in [6.07, 6.45) is 0. The Bertz CT molecular complexity index is 1150. The van der Waals surface area contributed by atoms with E-state index >= 15 is 0 Å². The molecule has 1 saturated heterocycles. The number of piperazine rings is 1. The molecular formula is C22H23ClN6O3S. The van der Waals surface area contributed by atoms with Crippen LogP contribution < -0.4 is 4.90 Å². The van der Waals surface area contributed by atoms with Crippen molar-refractivity contribution in [1.82, 2.24) is 19.7 Å². The van der Waals surface area contributed by atoms with E-state index in [4.69, 9.17) is 11.6 Å². The third kappa shape index (κ3) is 5.45. The minimum atomic E-state index is -0.428. The molecule has 2 aromatic carbocycles. The average molecular weight is 487 g/mol.